The molecule has 158 valence electrons. The second-order valence-electron chi connectivity index (χ2n) is 7.22. The number of nitrogens with zero attached hydrogens (tertiary/aromatic N) is 2. The smallest absolute Gasteiger partial charge is 0.293 e. The minimum Gasteiger partial charge on any atom is -0.497 e. The van der Waals surface area contributed by atoms with Crippen LogP contribution in [0.15, 0.2) is 59.5 Å². The summed E-state index contributed by atoms with van der Waals surface area (Å²) in [5, 5.41) is -0.402. The van der Waals surface area contributed by atoms with Gasteiger partial charge in [0.15, 0.2) is 0 Å². The van der Waals surface area contributed by atoms with Gasteiger partial charge in [0.1, 0.15) is 11.6 Å². The maximum Gasteiger partial charge on any atom is 0.293 e. The Balaban J connectivity index is 1.64. The monoisotopic (exact) mass is 436 g/mol. The number of amides is 2. The topological polar surface area (TPSA) is 51.5 Å². The molecule has 0 atom stereocenters. The van der Waals surface area contributed by atoms with Crippen LogP contribution in [0.1, 0.15) is 22.5 Å². The molecule has 2 amide bonds. The Morgan fingerprint density at radius 1 is 1.06 bits per heavy atom. The molecule has 2 aromatic carbocycles. The van der Waals surface area contributed by atoms with Crippen molar-refractivity contribution in [3.63, 3.8) is 0 Å². The molecule has 0 radical (unpaired) electrons. The molecule has 1 fully saturated rings. The van der Waals surface area contributed by atoms with Crippen LogP contribution in [0.25, 0.3) is 11.8 Å². The lowest BCUT2D eigenvalue weighted by Gasteiger charge is -2.12. The molecule has 1 aromatic heterocycles. The number of ether oxygens (including phenoxy) is 1. The van der Waals surface area contributed by atoms with Crippen LogP contribution in [0.5, 0.6) is 5.75 Å². The molecule has 0 spiro atoms. The number of carbonyl (C=O) groups is 2. The molecule has 31 heavy (non-hydrogen) atoms. The van der Waals surface area contributed by atoms with Crippen molar-refractivity contribution in [3.8, 4) is 11.4 Å². The molecule has 0 unspecified atom stereocenters. The summed E-state index contributed by atoms with van der Waals surface area (Å²) in [6.07, 6.45) is 1.73. The maximum absolute atomic E-state index is 14.0. The molecule has 4 rings (SSSR count). The lowest BCUT2D eigenvalue weighted by molar-refractivity contribution is -0.123. The van der Waals surface area contributed by atoms with Crippen molar-refractivity contribution in [2.75, 3.05) is 7.11 Å². The Kier molecular flexibility index (Phi) is 5.69. The number of thioether (sulfide) groups is 1. The molecule has 1 aliphatic rings. The highest BCUT2D eigenvalue weighted by Crippen LogP contribution is 2.35. The largest absolute Gasteiger partial charge is 0.497 e. The average molecular weight is 437 g/mol. The van der Waals surface area contributed by atoms with E-state index in [0.717, 1.165) is 45.1 Å². The molecule has 1 aliphatic heterocycles. The van der Waals surface area contributed by atoms with Gasteiger partial charge in [-0.1, -0.05) is 24.3 Å². The lowest BCUT2D eigenvalue weighted by atomic mass is 10.2. The standard InChI is InChI=1S/C24H21FN2O3S/c1-15-11-18(16(2)27(15)19-8-6-9-20(13-19)30-3)12-22-23(28)26(24(29)31-22)14-17-7-4-5-10-21(17)25/h4-13H,14H2,1-3H3/b22-12-. The second kappa shape index (κ2) is 8.43. The van der Waals surface area contributed by atoms with E-state index < -0.39 is 17.0 Å². The number of imide groups is 1. The molecule has 7 heteroatoms. The van der Waals surface area contributed by atoms with Crippen molar-refractivity contribution in [1.82, 2.24) is 9.47 Å². The van der Waals surface area contributed by atoms with Gasteiger partial charge in [-0.05, 0) is 61.5 Å². The van der Waals surface area contributed by atoms with Crippen LogP contribution in [0, 0.1) is 19.7 Å². The molecule has 1 saturated heterocycles. The Morgan fingerprint density at radius 3 is 2.58 bits per heavy atom. The molecule has 5 nitrogen and oxygen atoms in total. The minimum atomic E-state index is -0.438. The fourth-order valence-corrected chi connectivity index (χ4v) is 4.48. The van der Waals surface area contributed by atoms with Gasteiger partial charge in [0.05, 0.1) is 18.6 Å². The molecular formula is C24H21FN2O3S. The number of carbonyl (C=O) groups excluding carboxylic acids is 2. The fraction of sp³-hybridized carbons (Fsp3) is 0.167. The maximum atomic E-state index is 14.0. The van der Waals surface area contributed by atoms with Crippen LogP contribution in [0.4, 0.5) is 9.18 Å². The van der Waals surface area contributed by atoms with E-state index in [0.29, 0.717) is 10.5 Å². The number of aryl methyl sites for hydroxylation is 1. The van der Waals surface area contributed by atoms with E-state index in [1.54, 1.807) is 31.4 Å². The number of hydrogen-bond acceptors (Lipinski definition) is 4. The summed E-state index contributed by atoms with van der Waals surface area (Å²) in [5.74, 6) is -0.0994. The van der Waals surface area contributed by atoms with Gasteiger partial charge in [-0.3, -0.25) is 14.5 Å². The van der Waals surface area contributed by atoms with Crippen LogP contribution in [-0.4, -0.2) is 27.7 Å². The van der Waals surface area contributed by atoms with Crippen molar-refractivity contribution in [2.45, 2.75) is 20.4 Å². The van der Waals surface area contributed by atoms with Crippen molar-refractivity contribution >= 4 is 29.0 Å². The van der Waals surface area contributed by atoms with Crippen LogP contribution in [0.3, 0.4) is 0 Å². The number of rotatable bonds is 5. The number of aromatic nitrogens is 1. The van der Waals surface area contributed by atoms with E-state index in [2.05, 4.69) is 4.57 Å². The van der Waals surface area contributed by atoms with E-state index in [1.807, 2.05) is 44.2 Å². The van der Waals surface area contributed by atoms with E-state index >= 15 is 0 Å². The van der Waals surface area contributed by atoms with E-state index in [9.17, 15) is 14.0 Å². The Labute approximate surface area is 184 Å². The third-order valence-corrected chi connectivity index (χ3v) is 6.14. The molecule has 0 N–H and O–H groups in total. The van der Waals surface area contributed by atoms with Gasteiger partial charge in [-0.15, -0.1) is 0 Å². The number of hydrogen-bond donors (Lipinski definition) is 0. The zero-order valence-corrected chi connectivity index (χ0v) is 18.2. The van der Waals surface area contributed by atoms with Gasteiger partial charge >= 0.3 is 0 Å². The van der Waals surface area contributed by atoms with Crippen molar-refractivity contribution in [3.05, 3.63) is 87.8 Å². The highest BCUT2D eigenvalue weighted by atomic mass is 32.2. The molecule has 0 saturated carbocycles. The summed E-state index contributed by atoms with van der Waals surface area (Å²) in [7, 11) is 1.62. The molecule has 2 heterocycles. The first-order valence-corrected chi connectivity index (χ1v) is 10.5. The summed E-state index contributed by atoms with van der Waals surface area (Å²) in [6, 6.07) is 15.8. The Bertz CT molecular complexity index is 1220. The number of benzene rings is 2. The van der Waals surface area contributed by atoms with Gasteiger partial charge < -0.3 is 9.30 Å². The van der Waals surface area contributed by atoms with E-state index in [4.69, 9.17) is 4.74 Å². The zero-order valence-electron chi connectivity index (χ0n) is 17.4. The zero-order chi connectivity index (χ0) is 22.1. The van der Waals surface area contributed by atoms with Crippen LogP contribution in [0.2, 0.25) is 0 Å². The Morgan fingerprint density at radius 2 is 1.84 bits per heavy atom. The fourth-order valence-electron chi connectivity index (χ4n) is 3.66. The van der Waals surface area contributed by atoms with Crippen LogP contribution >= 0.6 is 11.8 Å². The van der Waals surface area contributed by atoms with Crippen molar-refractivity contribution < 1.29 is 18.7 Å². The number of methoxy groups -OCH3 is 1. The predicted octanol–water partition coefficient (Wildman–Crippen LogP) is 5.48. The molecule has 0 aliphatic carbocycles. The van der Waals surface area contributed by atoms with Gasteiger partial charge in [-0.2, -0.15) is 0 Å². The normalized spacial score (nSPS) is 15.2. The summed E-state index contributed by atoms with van der Waals surface area (Å²) in [6.45, 7) is 3.85. The highest BCUT2D eigenvalue weighted by Gasteiger charge is 2.35. The summed E-state index contributed by atoms with van der Waals surface area (Å²) < 4.78 is 21.4. The molecular weight excluding hydrogens is 415 g/mol. The highest BCUT2D eigenvalue weighted by molar-refractivity contribution is 8.18. The van der Waals surface area contributed by atoms with Gasteiger partial charge in [0.25, 0.3) is 11.1 Å². The summed E-state index contributed by atoms with van der Waals surface area (Å²) in [4.78, 5) is 26.7. The van der Waals surface area contributed by atoms with Gasteiger partial charge in [-0.25, -0.2) is 4.39 Å². The van der Waals surface area contributed by atoms with Gasteiger partial charge in [0, 0.05) is 28.7 Å². The van der Waals surface area contributed by atoms with E-state index in [-0.39, 0.29) is 6.54 Å². The minimum absolute atomic E-state index is 0.0858. The first kappa shape index (κ1) is 20.9. The SMILES string of the molecule is COc1cccc(-n2c(C)cc(/C=C3\SC(=O)N(Cc4ccccc4F)C3=O)c2C)c1. The quantitative estimate of drug-likeness (QED) is 0.497. The molecule has 3 aromatic rings. The van der Waals surface area contributed by atoms with Crippen LogP contribution < -0.4 is 4.74 Å². The Hall–Kier alpha value is -3.32. The van der Waals surface area contributed by atoms with Gasteiger partial charge in [0.2, 0.25) is 0 Å². The third kappa shape index (κ3) is 4.01. The van der Waals surface area contributed by atoms with Crippen LogP contribution in [-0.2, 0) is 11.3 Å². The predicted molar refractivity (Wildman–Crippen MR) is 120 cm³/mol. The van der Waals surface area contributed by atoms with Crippen molar-refractivity contribution in [1.29, 1.82) is 0 Å². The molecule has 0 bridgehead atoms. The summed E-state index contributed by atoms with van der Waals surface area (Å²) >= 11 is 0.874. The van der Waals surface area contributed by atoms with Crippen molar-refractivity contribution in [2.24, 2.45) is 0 Å². The second-order valence-corrected chi connectivity index (χ2v) is 8.22. The first-order valence-electron chi connectivity index (χ1n) is 9.71. The third-order valence-electron chi connectivity index (χ3n) is 5.23. The lowest BCUT2D eigenvalue weighted by Crippen LogP contribution is -2.27. The number of halogens is 1. The summed E-state index contributed by atoms with van der Waals surface area (Å²) in [5.41, 5.74) is 4.02. The van der Waals surface area contributed by atoms with E-state index in [1.165, 1.54) is 6.07 Å². The average Bonchev–Trinajstić information content (AvgIpc) is 3.18. The first-order chi connectivity index (χ1) is 14.9.